The Hall–Kier alpha value is -1.94. The Bertz CT molecular complexity index is 584. The van der Waals surface area contributed by atoms with Crippen molar-refractivity contribution in [2.45, 2.75) is 6.54 Å². The lowest BCUT2D eigenvalue weighted by Gasteiger charge is -2.13. The summed E-state index contributed by atoms with van der Waals surface area (Å²) in [5.74, 6) is 0.998. The van der Waals surface area contributed by atoms with Gasteiger partial charge in [-0.25, -0.2) is 4.39 Å². The van der Waals surface area contributed by atoms with E-state index in [1.807, 2.05) is 0 Å². The average Bonchev–Trinajstić information content (AvgIpc) is 2.46. The van der Waals surface area contributed by atoms with Crippen LogP contribution in [-0.4, -0.2) is 14.2 Å². The molecule has 5 heteroatoms. The highest BCUT2D eigenvalue weighted by atomic mass is 35.5. The van der Waals surface area contributed by atoms with E-state index in [1.54, 1.807) is 44.6 Å². The normalized spacial score (nSPS) is 10.2. The van der Waals surface area contributed by atoms with Gasteiger partial charge in [0.05, 0.1) is 19.9 Å². The van der Waals surface area contributed by atoms with Crippen molar-refractivity contribution in [2.75, 3.05) is 19.5 Å². The zero-order valence-corrected chi connectivity index (χ0v) is 12.0. The summed E-state index contributed by atoms with van der Waals surface area (Å²) in [6.07, 6.45) is 0. The minimum Gasteiger partial charge on any atom is -0.497 e. The van der Waals surface area contributed by atoms with Crippen LogP contribution in [0.1, 0.15) is 5.56 Å². The van der Waals surface area contributed by atoms with Gasteiger partial charge in [0.1, 0.15) is 17.3 Å². The highest BCUT2D eigenvalue weighted by Crippen LogP contribution is 2.30. The second kappa shape index (κ2) is 6.48. The zero-order valence-electron chi connectivity index (χ0n) is 11.2. The summed E-state index contributed by atoms with van der Waals surface area (Å²) in [6.45, 7) is 0.259. The van der Waals surface area contributed by atoms with Crippen LogP contribution < -0.4 is 14.8 Å². The van der Waals surface area contributed by atoms with Gasteiger partial charge in [0.25, 0.3) is 0 Å². The summed E-state index contributed by atoms with van der Waals surface area (Å²) < 4.78 is 24.1. The standard InChI is InChI=1S/C15H15ClFNO2/c1-19-10-6-7-15(20-2)14(8-10)18-9-11-12(16)4-3-5-13(11)17/h3-8,18H,9H2,1-2H3. The summed E-state index contributed by atoms with van der Waals surface area (Å²) in [7, 11) is 3.16. The Kier molecular flexibility index (Phi) is 4.69. The van der Waals surface area contributed by atoms with E-state index in [0.29, 0.717) is 27.8 Å². The van der Waals surface area contributed by atoms with Gasteiger partial charge in [-0.2, -0.15) is 0 Å². The Balaban J connectivity index is 2.22. The molecule has 0 aromatic heterocycles. The predicted molar refractivity (Wildman–Crippen MR) is 78.3 cm³/mol. The molecular weight excluding hydrogens is 281 g/mol. The van der Waals surface area contributed by atoms with E-state index in [9.17, 15) is 4.39 Å². The molecule has 0 aliphatic heterocycles. The minimum absolute atomic E-state index is 0.259. The van der Waals surface area contributed by atoms with Crippen molar-refractivity contribution in [3.63, 3.8) is 0 Å². The van der Waals surface area contributed by atoms with E-state index < -0.39 is 0 Å². The Labute approximate surface area is 122 Å². The first-order valence-electron chi connectivity index (χ1n) is 6.04. The van der Waals surface area contributed by atoms with Crippen molar-refractivity contribution in [1.29, 1.82) is 0 Å². The topological polar surface area (TPSA) is 30.5 Å². The lowest BCUT2D eigenvalue weighted by Crippen LogP contribution is -2.04. The second-order valence-corrected chi connectivity index (χ2v) is 4.53. The number of halogens is 2. The molecule has 0 atom stereocenters. The van der Waals surface area contributed by atoms with E-state index in [1.165, 1.54) is 6.07 Å². The molecule has 0 bridgehead atoms. The number of anilines is 1. The SMILES string of the molecule is COc1ccc(OC)c(NCc2c(F)cccc2Cl)c1. The minimum atomic E-state index is -0.341. The molecule has 0 fully saturated rings. The monoisotopic (exact) mass is 295 g/mol. The van der Waals surface area contributed by atoms with Crippen molar-refractivity contribution in [2.24, 2.45) is 0 Å². The van der Waals surface area contributed by atoms with Crippen LogP contribution in [0.5, 0.6) is 11.5 Å². The fourth-order valence-electron chi connectivity index (χ4n) is 1.84. The van der Waals surface area contributed by atoms with Crippen LogP contribution >= 0.6 is 11.6 Å². The van der Waals surface area contributed by atoms with Gasteiger partial charge in [0.15, 0.2) is 0 Å². The van der Waals surface area contributed by atoms with E-state index in [-0.39, 0.29) is 12.4 Å². The maximum absolute atomic E-state index is 13.7. The Morgan fingerprint density at radius 1 is 1.15 bits per heavy atom. The lowest BCUT2D eigenvalue weighted by atomic mass is 10.2. The smallest absolute Gasteiger partial charge is 0.142 e. The maximum Gasteiger partial charge on any atom is 0.142 e. The first-order chi connectivity index (χ1) is 9.65. The molecule has 0 saturated carbocycles. The Morgan fingerprint density at radius 2 is 1.95 bits per heavy atom. The van der Waals surface area contributed by atoms with E-state index in [0.717, 1.165) is 0 Å². The third kappa shape index (κ3) is 3.14. The maximum atomic E-state index is 13.7. The molecule has 0 amide bonds. The van der Waals surface area contributed by atoms with Crippen molar-refractivity contribution < 1.29 is 13.9 Å². The molecule has 0 radical (unpaired) electrons. The van der Waals surface area contributed by atoms with Crippen molar-refractivity contribution >= 4 is 17.3 Å². The van der Waals surface area contributed by atoms with Crippen LogP contribution in [0.15, 0.2) is 36.4 Å². The van der Waals surface area contributed by atoms with Gasteiger partial charge < -0.3 is 14.8 Å². The van der Waals surface area contributed by atoms with Crippen LogP contribution in [0.25, 0.3) is 0 Å². The van der Waals surface area contributed by atoms with Crippen LogP contribution in [0.2, 0.25) is 5.02 Å². The third-order valence-electron chi connectivity index (χ3n) is 2.92. The predicted octanol–water partition coefficient (Wildman–Crippen LogP) is 4.11. The average molecular weight is 296 g/mol. The van der Waals surface area contributed by atoms with Gasteiger partial charge in [-0.1, -0.05) is 17.7 Å². The number of ether oxygens (including phenoxy) is 2. The van der Waals surface area contributed by atoms with Gasteiger partial charge in [0.2, 0.25) is 0 Å². The van der Waals surface area contributed by atoms with Crippen LogP contribution in [0.3, 0.4) is 0 Å². The molecule has 2 aromatic rings. The molecule has 2 rings (SSSR count). The number of hydrogen-bond acceptors (Lipinski definition) is 3. The highest BCUT2D eigenvalue weighted by Gasteiger charge is 2.09. The molecule has 20 heavy (non-hydrogen) atoms. The van der Waals surface area contributed by atoms with Gasteiger partial charge in [-0.15, -0.1) is 0 Å². The number of benzene rings is 2. The number of hydrogen-bond donors (Lipinski definition) is 1. The van der Waals surface area contributed by atoms with E-state index in [2.05, 4.69) is 5.32 Å². The molecule has 106 valence electrons. The molecule has 2 aromatic carbocycles. The summed E-state index contributed by atoms with van der Waals surface area (Å²) >= 11 is 5.99. The lowest BCUT2D eigenvalue weighted by molar-refractivity contribution is 0.404. The van der Waals surface area contributed by atoms with Crippen LogP contribution in [0.4, 0.5) is 10.1 Å². The van der Waals surface area contributed by atoms with Crippen molar-refractivity contribution in [1.82, 2.24) is 0 Å². The van der Waals surface area contributed by atoms with Crippen LogP contribution in [-0.2, 0) is 6.54 Å². The molecule has 0 unspecified atom stereocenters. The first kappa shape index (κ1) is 14.5. The van der Waals surface area contributed by atoms with Gasteiger partial charge in [-0.05, 0) is 24.3 Å². The van der Waals surface area contributed by atoms with Gasteiger partial charge in [0, 0.05) is 23.2 Å². The quantitative estimate of drug-likeness (QED) is 0.900. The van der Waals surface area contributed by atoms with E-state index in [4.69, 9.17) is 21.1 Å². The number of nitrogens with one attached hydrogen (secondary N) is 1. The molecular formula is C15H15ClFNO2. The number of methoxy groups -OCH3 is 2. The molecule has 0 spiro atoms. The fraction of sp³-hybridized carbons (Fsp3) is 0.200. The molecule has 3 nitrogen and oxygen atoms in total. The Morgan fingerprint density at radius 3 is 2.60 bits per heavy atom. The summed E-state index contributed by atoms with van der Waals surface area (Å²) in [5.41, 5.74) is 1.13. The largest absolute Gasteiger partial charge is 0.497 e. The first-order valence-corrected chi connectivity index (χ1v) is 6.42. The molecule has 0 saturated heterocycles. The fourth-order valence-corrected chi connectivity index (χ4v) is 2.07. The summed E-state index contributed by atoms with van der Waals surface area (Å²) in [4.78, 5) is 0. The molecule has 0 heterocycles. The molecule has 0 aliphatic rings. The molecule has 0 aliphatic carbocycles. The highest BCUT2D eigenvalue weighted by molar-refractivity contribution is 6.31. The summed E-state index contributed by atoms with van der Waals surface area (Å²) in [6, 6.07) is 9.97. The molecule has 1 N–H and O–H groups in total. The van der Waals surface area contributed by atoms with Gasteiger partial charge in [-0.3, -0.25) is 0 Å². The zero-order chi connectivity index (χ0) is 14.5. The van der Waals surface area contributed by atoms with E-state index >= 15 is 0 Å². The van der Waals surface area contributed by atoms with Gasteiger partial charge >= 0.3 is 0 Å². The summed E-state index contributed by atoms with van der Waals surface area (Å²) in [5, 5.41) is 3.50. The van der Waals surface area contributed by atoms with Crippen molar-refractivity contribution in [3.05, 3.63) is 52.8 Å². The van der Waals surface area contributed by atoms with Crippen LogP contribution in [0, 0.1) is 5.82 Å². The number of rotatable bonds is 5. The third-order valence-corrected chi connectivity index (χ3v) is 3.28. The second-order valence-electron chi connectivity index (χ2n) is 4.12. The van der Waals surface area contributed by atoms with Crippen molar-refractivity contribution in [3.8, 4) is 11.5 Å².